The molecule has 4 aliphatic carbocycles. The minimum absolute atomic E-state index is 0.0476. The zero-order valence-electron chi connectivity index (χ0n) is 25.2. The Morgan fingerprint density at radius 2 is 1.79 bits per heavy atom. The summed E-state index contributed by atoms with van der Waals surface area (Å²) in [4.78, 5) is 50.2. The monoisotopic (exact) mass is 586 g/mol. The number of aliphatic hydroxyl groups is 3. The predicted octanol–water partition coefficient (Wildman–Crippen LogP) is 2.63. The van der Waals surface area contributed by atoms with Gasteiger partial charge >= 0.3 is 17.9 Å². The smallest absolute Gasteiger partial charge is 0.334 e. The number of carbonyl (C=O) groups is 4. The molecular weight excluding hydrogens is 544 g/mol. The summed E-state index contributed by atoms with van der Waals surface area (Å²) < 4.78 is 16.7. The molecule has 3 N–H and O–H groups in total. The van der Waals surface area contributed by atoms with E-state index in [2.05, 4.69) is 0 Å². The lowest BCUT2D eigenvalue weighted by molar-refractivity contribution is -0.294. The van der Waals surface area contributed by atoms with Crippen molar-refractivity contribution < 1.29 is 48.7 Å². The highest BCUT2D eigenvalue weighted by Crippen LogP contribution is 2.70. The molecule has 1 aliphatic heterocycles. The van der Waals surface area contributed by atoms with E-state index in [1.54, 1.807) is 19.9 Å². The van der Waals surface area contributed by atoms with Crippen LogP contribution in [0.4, 0.5) is 0 Å². The number of hydrogen-bond acceptors (Lipinski definition) is 10. The maximum Gasteiger partial charge on any atom is 0.334 e. The largest absolute Gasteiger partial charge is 0.465 e. The van der Waals surface area contributed by atoms with Crippen LogP contribution < -0.4 is 0 Å². The van der Waals surface area contributed by atoms with E-state index >= 15 is 0 Å². The molecule has 0 aromatic heterocycles. The number of ketones is 1. The van der Waals surface area contributed by atoms with Crippen molar-refractivity contribution in [3.63, 3.8) is 0 Å². The van der Waals surface area contributed by atoms with Gasteiger partial charge in [0.15, 0.2) is 5.78 Å². The number of rotatable bonds is 5. The summed E-state index contributed by atoms with van der Waals surface area (Å²) in [6.45, 7) is 8.86. The van der Waals surface area contributed by atoms with Crippen LogP contribution in [0.5, 0.6) is 0 Å². The molecule has 5 aliphatic rings. The number of carbonyl (C=O) groups excluding carboxylic acids is 4. The topological polar surface area (TPSA) is 157 Å². The molecule has 5 rings (SSSR count). The Bertz CT molecular complexity index is 1320. The van der Waals surface area contributed by atoms with Gasteiger partial charge in [0, 0.05) is 25.8 Å². The fourth-order valence-electron chi connectivity index (χ4n) is 9.03. The molecule has 0 spiro atoms. The number of esters is 3. The molecule has 0 radical (unpaired) electrons. The summed E-state index contributed by atoms with van der Waals surface area (Å²) in [5.74, 6) is -2.74. The van der Waals surface area contributed by atoms with Gasteiger partial charge in [-0.3, -0.25) is 14.4 Å². The molecule has 0 saturated heterocycles. The van der Waals surface area contributed by atoms with Gasteiger partial charge in [-0.1, -0.05) is 11.6 Å². The zero-order chi connectivity index (χ0) is 31.0. The van der Waals surface area contributed by atoms with Crippen LogP contribution >= 0.6 is 0 Å². The molecular formula is C32H42O10. The molecule has 2 saturated carbocycles. The van der Waals surface area contributed by atoms with Crippen LogP contribution in [0.3, 0.4) is 0 Å². The summed E-state index contributed by atoms with van der Waals surface area (Å²) in [6, 6.07) is 0. The van der Waals surface area contributed by atoms with Gasteiger partial charge < -0.3 is 29.5 Å². The van der Waals surface area contributed by atoms with Gasteiger partial charge in [0.2, 0.25) is 0 Å². The average molecular weight is 587 g/mol. The minimum atomic E-state index is -2.02. The summed E-state index contributed by atoms with van der Waals surface area (Å²) in [5, 5.41) is 37.6. The van der Waals surface area contributed by atoms with Crippen LogP contribution in [0.2, 0.25) is 0 Å². The first-order valence-electron chi connectivity index (χ1n) is 14.7. The second kappa shape index (κ2) is 9.86. The molecule has 9 atom stereocenters. The fourth-order valence-corrected chi connectivity index (χ4v) is 9.03. The van der Waals surface area contributed by atoms with Crippen molar-refractivity contribution in [3.8, 4) is 0 Å². The molecule has 1 unspecified atom stereocenters. The third kappa shape index (κ3) is 3.94. The normalized spacial score (nSPS) is 42.5. The van der Waals surface area contributed by atoms with Crippen molar-refractivity contribution >= 4 is 23.7 Å². The van der Waals surface area contributed by atoms with E-state index in [0.29, 0.717) is 24.0 Å². The van der Waals surface area contributed by atoms with E-state index in [4.69, 9.17) is 14.2 Å². The van der Waals surface area contributed by atoms with Gasteiger partial charge in [-0.2, -0.15) is 0 Å². The number of ether oxygens (including phenoxy) is 3. The van der Waals surface area contributed by atoms with Gasteiger partial charge in [0.05, 0.1) is 16.4 Å². The van der Waals surface area contributed by atoms with E-state index < -0.39 is 63.7 Å². The van der Waals surface area contributed by atoms with Crippen LogP contribution in [-0.4, -0.2) is 74.6 Å². The van der Waals surface area contributed by atoms with Gasteiger partial charge in [0.25, 0.3) is 0 Å². The number of hydrogen-bond donors (Lipinski definition) is 3. The molecule has 0 aromatic rings. The maximum absolute atomic E-state index is 13.5. The first-order chi connectivity index (χ1) is 19.5. The van der Waals surface area contributed by atoms with Crippen LogP contribution in [-0.2, 0) is 33.4 Å². The van der Waals surface area contributed by atoms with Crippen LogP contribution in [0.1, 0.15) is 80.1 Å². The highest BCUT2D eigenvalue weighted by molar-refractivity contribution is 5.99. The van der Waals surface area contributed by atoms with Crippen LogP contribution in [0, 0.1) is 22.7 Å². The Labute approximate surface area is 245 Å². The second-order valence-corrected chi connectivity index (χ2v) is 13.4. The fraction of sp³-hybridized carbons (Fsp3) is 0.688. The van der Waals surface area contributed by atoms with Crippen molar-refractivity contribution in [1.82, 2.24) is 0 Å². The zero-order valence-corrected chi connectivity index (χ0v) is 25.2. The quantitative estimate of drug-likeness (QED) is 0.249. The van der Waals surface area contributed by atoms with Gasteiger partial charge in [-0.15, -0.1) is 0 Å². The summed E-state index contributed by atoms with van der Waals surface area (Å²) in [7, 11) is 0. The summed E-state index contributed by atoms with van der Waals surface area (Å²) >= 11 is 0. The van der Waals surface area contributed by atoms with E-state index in [9.17, 15) is 34.5 Å². The van der Waals surface area contributed by atoms with Gasteiger partial charge in [0.1, 0.15) is 30.0 Å². The highest BCUT2D eigenvalue weighted by Gasteiger charge is 2.79. The average Bonchev–Trinajstić information content (AvgIpc) is 3.16. The SMILES string of the molecule is CC(=O)OC[C@]12CC[C@H]3[C@@H](CC=C4[C@@H](OC(C)=O)C=CC(=O)[C@@]43C)[C@]1(O)CC[C@@]2(O)[C@@](C)(O)C1CC(C)=C(C)C(=O)O1. The van der Waals surface area contributed by atoms with E-state index in [-0.39, 0.29) is 44.0 Å². The lowest BCUT2D eigenvalue weighted by Crippen LogP contribution is -2.74. The van der Waals surface area contributed by atoms with Crippen molar-refractivity contribution in [2.45, 2.75) is 109 Å². The first-order valence-corrected chi connectivity index (χ1v) is 14.7. The molecule has 10 heteroatoms. The standard InChI is InChI=1S/C32H42O10/c1-17-15-26(42-27(36)18(17)2)29(6,37)32(39)14-13-31(38)22-7-8-23-24(41-20(4)34)9-10-25(35)28(23,5)21(22)11-12-30(31,32)16-40-19(3)33/h8-10,21-22,24,26,37-39H,7,11-16H2,1-6H3/t21-,22+,24-,26?,28+,29-,30+,31+,32+/m0/s1. The number of cyclic esters (lactones) is 1. The lowest BCUT2D eigenvalue weighted by atomic mass is 9.44. The van der Waals surface area contributed by atoms with Crippen LogP contribution in [0.25, 0.3) is 0 Å². The molecule has 0 amide bonds. The molecule has 230 valence electrons. The summed E-state index contributed by atoms with van der Waals surface area (Å²) in [6.07, 6.45) is 4.08. The number of allylic oxidation sites excluding steroid dienone is 2. The van der Waals surface area contributed by atoms with Gasteiger partial charge in [-0.25, -0.2) is 4.79 Å². The third-order valence-corrected chi connectivity index (χ3v) is 11.6. The third-order valence-electron chi connectivity index (χ3n) is 11.6. The Kier molecular flexibility index (Phi) is 7.19. The van der Waals surface area contributed by atoms with Crippen molar-refractivity contribution in [1.29, 1.82) is 0 Å². The maximum atomic E-state index is 13.5. The van der Waals surface area contributed by atoms with E-state index in [1.807, 2.05) is 13.0 Å². The van der Waals surface area contributed by atoms with Crippen molar-refractivity contribution in [2.24, 2.45) is 22.7 Å². The van der Waals surface area contributed by atoms with E-state index in [1.165, 1.54) is 26.8 Å². The van der Waals surface area contributed by atoms with Crippen LogP contribution in [0.15, 0.2) is 34.9 Å². The number of fused-ring (bicyclic) bond motifs is 5. The second-order valence-electron chi connectivity index (χ2n) is 13.4. The van der Waals surface area contributed by atoms with Gasteiger partial charge in [-0.05, 0) is 89.4 Å². The lowest BCUT2D eigenvalue weighted by Gasteiger charge is -2.63. The predicted molar refractivity (Wildman–Crippen MR) is 148 cm³/mol. The van der Waals surface area contributed by atoms with Crippen molar-refractivity contribution in [3.05, 3.63) is 34.9 Å². The molecule has 10 nitrogen and oxygen atoms in total. The Hall–Kier alpha value is -2.82. The van der Waals surface area contributed by atoms with Crippen molar-refractivity contribution in [2.75, 3.05) is 6.61 Å². The Balaban J connectivity index is 1.60. The molecule has 0 bridgehead atoms. The first kappa shape index (κ1) is 30.6. The molecule has 42 heavy (non-hydrogen) atoms. The Morgan fingerprint density at radius 3 is 2.40 bits per heavy atom. The summed E-state index contributed by atoms with van der Waals surface area (Å²) in [5.41, 5.74) is -6.45. The van der Waals surface area contributed by atoms with E-state index in [0.717, 1.165) is 5.57 Å². The highest BCUT2D eigenvalue weighted by atomic mass is 16.6. The minimum Gasteiger partial charge on any atom is -0.465 e. The molecule has 0 aromatic carbocycles. The molecule has 1 heterocycles. The molecule has 2 fully saturated rings. The Morgan fingerprint density at radius 1 is 1.10 bits per heavy atom.